The maximum atomic E-state index is 10.8. The van der Waals surface area contributed by atoms with Crippen molar-refractivity contribution in [2.45, 2.75) is 18.6 Å². The highest BCUT2D eigenvalue weighted by Crippen LogP contribution is 2.21. The Hall–Kier alpha value is -1.17. The first-order valence-corrected chi connectivity index (χ1v) is 5.21. The Morgan fingerprint density at radius 2 is 2.19 bits per heavy atom. The van der Waals surface area contributed by atoms with Crippen LogP contribution >= 0.6 is 11.6 Å². The van der Waals surface area contributed by atoms with E-state index in [4.69, 9.17) is 16.7 Å². The van der Waals surface area contributed by atoms with Crippen LogP contribution in [-0.2, 0) is 0 Å². The van der Waals surface area contributed by atoms with Gasteiger partial charge in [-0.05, 0) is 12.5 Å². The third-order valence-electron chi connectivity index (χ3n) is 2.13. The molecule has 88 valence electrons. The van der Waals surface area contributed by atoms with Crippen LogP contribution in [0.15, 0.2) is 18.3 Å². The van der Waals surface area contributed by atoms with E-state index < -0.39 is 18.2 Å². The second-order valence-corrected chi connectivity index (χ2v) is 3.61. The van der Waals surface area contributed by atoms with E-state index in [2.05, 4.69) is 4.98 Å². The van der Waals surface area contributed by atoms with E-state index in [1.165, 1.54) is 18.3 Å². The zero-order valence-electron chi connectivity index (χ0n) is 8.38. The Morgan fingerprint density at radius 3 is 2.75 bits per heavy atom. The molecule has 0 aliphatic heterocycles. The molecule has 0 fully saturated rings. The summed E-state index contributed by atoms with van der Waals surface area (Å²) in [5, 5.41) is 28.1. The summed E-state index contributed by atoms with van der Waals surface area (Å²) >= 11 is 5.43. The molecule has 0 amide bonds. The molecule has 1 rings (SSSR count). The Morgan fingerprint density at radius 1 is 1.50 bits per heavy atom. The molecule has 0 bridgehead atoms. The van der Waals surface area contributed by atoms with Gasteiger partial charge in [0.05, 0.1) is 6.10 Å². The van der Waals surface area contributed by atoms with Gasteiger partial charge in [0.25, 0.3) is 0 Å². The third kappa shape index (κ3) is 2.91. The summed E-state index contributed by atoms with van der Waals surface area (Å²) in [6.07, 6.45) is -0.900. The summed E-state index contributed by atoms with van der Waals surface area (Å²) in [6.45, 7) is 0. The Labute approximate surface area is 97.3 Å². The van der Waals surface area contributed by atoms with Crippen molar-refractivity contribution >= 4 is 17.6 Å². The number of halogens is 1. The highest BCUT2D eigenvalue weighted by molar-refractivity contribution is 6.17. The molecule has 0 aromatic carbocycles. The number of aliphatic hydroxyl groups is 2. The van der Waals surface area contributed by atoms with Crippen LogP contribution in [0.25, 0.3) is 0 Å². The molecular formula is C10H12ClNO4. The van der Waals surface area contributed by atoms with Gasteiger partial charge in [-0.2, -0.15) is 0 Å². The van der Waals surface area contributed by atoms with Gasteiger partial charge in [0.15, 0.2) is 5.69 Å². The summed E-state index contributed by atoms with van der Waals surface area (Å²) in [6, 6.07) is 2.91. The van der Waals surface area contributed by atoms with Crippen LogP contribution < -0.4 is 0 Å². The Kier molecular flexibility index (Phi) is 4.67. The van der Waals surface area contributed by atoms with Gasteiger partial charge in [-0.1, -0.05) is 6.07 Å². The molecule has 6 heteroatoms. The van der Waals surface area contributed by atoms with E-state index >= 15 is 0 Å². The van der Waals surface area contributed by atoms with E-state index in [0.717, 1.165) is 0 Å². The number of carboxylic acids is 1. The minimum absolute atomic E-state index is 0.0904. The molecule has 1 aromatic heterocycles. The number of hydrogen-bond donors (Lipinski definition) is 3. The number of carbonyl (C=O) groups is 1. The molecule has 2 atom stereocenters. The van der Waals surface area contributed by atoms with Crippen molar-refractivity contribution in [3.05, 3.63) is 29.6 Å². The first-order valence-electron chi connectivity index (χ1n) is 4.68. The second kappa shape index (κ2) is 5.79. The summed E-state index contributed by atoms with van der Waals surface area (Å²) in [7, 11) is 0. The average Bonchev–Trinajstić information content (AvgIpc) is 2.28. The van der Waals surface area contributed by atoms with Gasteiger partial charge >= 0.3 is 5.97 Å². The topological polar surface area (TPSA) is 90.7 Å². The molecule has 0 aliphatic rings. The average molecular weight is 246 g/mol. The first-order chi connectivity index (χ1) is 7.57. The number of aromatic carboxylic acids is 1. The van der Waals surface area contributed by atoms with E-state index in [9.17, 15) is 15.0 Å². The van der Waals surface area contributed by atoms with Crippen molar-refractivity contribution < 1.29 is 20.1 Å². The van der Waals surface area contributed by atoms with E-state index in [1.807, 2.05) is 0 Å². The molecule has 1 heterocycles. The monoisotopic (exact) mass is 245 g/mol. The van der Waals surface area contributed by atoms with Crippen molar-refractivity contribution in [1.29, 1.82) is 0 Å². The Balaban J connectivity index is 2.98. The zero-order valence-corrected chi connectivity index (χ0v) is 9.13. The zero-order chi connectivity index (χ0) is 12.1. The van der Waals surface area contributed by atoms with Crippen LogP contribution in [0, 0.1) is 0 Å². The smallest absolute Gasteiger partial charge is 0.354 e. The van der Waals surface area contributed by atoms with Crippen molar-refractivity contribution in [2.24, 2.45) is 0 Å². The molecule has 5 nitrogen and oxygen atoms in total. The van der Waals surface area contributed by atoms with Crippen LogP contribution in [0.1, 0.15) is 28.6 Å². The third-order valence-corrected chi connectivity index (χ3v) is 2.35. The van der Waals surface area contributed by atoms with E-state index in [-0.39, 0.29) is 23.6 Å². The molecule has 1 aromatic rings. The molecule has 0 saturated carbocycles. The predicted molar refractivity (Wildman–Crippen MR) is 57.5 cm³/mol. The van der Waals surface area contributed by atoms with E-state index in [0.29, 0.717) is 0 Å². The van der Waals surface area contributed by atoms with Crippen LogP contribution in [0.2, 0.25) is 0 Å². The highest BCUT2D eigenvalue weighted by atomic mass is 35.5. The largest absolute Gasteiger partial charge is 0.477 e. The lowest BCUT2D eigenvalue weighted by Gasteiger charge is -2.18. The molecule has 0 spiro atoms. The minimum Gasteiger partial charge on any atom is -0.477 e. The second-order valence-electron chi connectivity index (χ2n) is 3.24. The number of alkyl halides is 1. The molecule has 0 radical (unpaired) electrons. The number of nitrogens with zero attached hydrogens (tertiary/aromatic N) is 1. The standard InChI is InChI=1S/C10H12ClNO4/c11-4-3-7(13)9(14)6-2-1-5-12-8(6)10(15)16/h1-2,5,7,9,13-14H,3-4H2,(H,15,16). The van der Waals surface area contributed by atoms with Crippen molar-refractivity contribution in [3.63, 3.8) is 0 Å². The Bertz CT molecular complexity index is 372. The number of hydrogen-bond acceptors (Lipinski definition) is 4. The molecule has 16 heavy (non-hydrogen) atoms. The van der Waals surface area contributed by atoms with Gasteiger partial charge in [-0.25, -0.2) is 9.78 Å². The highest BCUT2D eigenvalue weighted by Gasteiger charge is 2.23. The molecule has 0 saturated heterocycles. The number of rotatable bonds is 5. The van der Waals surface area contributed by atoms with Gasteiger partial charge < -0.3 is 15.3 Å². The fourth-order valence-electron chi connectivity index (χ4n) is 1.31. The molecular weight excluding hydrogens is 234 g/mol. The summed E-state index contributed by atoms with van der Waals surface area (Å²) in [4.78, 5) is 14.5. The lowest BCUT2D eigenvalue weighted by molar-refractivity contribution is 0.0157. The molecule has 2 unspecified atom stereocenters. The normalized spacial score (nSPS) is 14.4. The van der Waals surface area contributed by atoms with Gasteiger partial charge in [-0.3, -0.25) is 0 Å². The minimum atomic E-state index is -1.29. The quantitative estimate of drug-likeness (QED) is 0.668. The number of carboxylic acid groups (broad SMARTS) is 1. The van der Waals surface area contributed by atoms with E-state index in [1.54, 1.807) is 0 Å². The van der Waals surface area contributed by atoms with Crippen molar-refractivity contribution in [3.8, 4) is 0 Å². The number of pyridine rings is 1. The lowest BCUT2D eigenvalue weighted by Crippen LogP contribution is -2.21. The number of aromatic nitrogens is 1. The van der Waals surface area contributed by atoms with Crippen molar-refractivity contribution in [1.82, 2.24) is 4.98 Å². The van der Waals surface area contributed by atoms with Crippen LogP contribution in [-0.4, -0.2) is 38.3 Å². The first kappa shape index (κ1) is 12.9. The van der Waals surface area contributed by atoms with Gasteiger partial charge in [0.2, 0.25) is 0 Å². The van der Waals surface area contributed by atoms with Crippen LogP contribution in [0.4, 0.5) is 0 Å². The summed E-state index contributed by atoms with van der Waals surface area (Å²) in [5.74, 6) is -1.06. The lowest BCUT2D eigenvalue weighted by atomic mass is 10.0. The fraction of sp³-hybridized carbons (Fsp3) is 0.400. The number of aliphatic hydroxyl groups excluding tert-OH is 2. The summed E-state index contributed by atoms with van der Waals surface area (Å²) in [5.41, 5.74) is -0.170. The maximum Gasteiger partial charge on any atom is 0.354 e. The summed E-state index contributed by atoms with van der Waals surface area (Å²) < 4.78 is 0. The van der Waals surface area contributed by atoms with Gasteiger partial charge in [0, 0.05) is 17.6 Å². The van der Waals surface area contributed by atoms with Crippen LogP contribution in [0.3, 0.4) is 0 Å². The maximum absolute atomic E-state index is 10.8. The van der Waals surface area contributed by atoms with Crippen LogP contribution in [0.5, 0.6) is 0 Å². The molecule has 0 aliphatic carbocycles. The van der Waals surface area contributed by atoms with Gasteiger partial charge in [0.1, 0.15) is 6.10 Å². The van der Waals surface area contributed by atoms with Gasteiger partial charge in [-0.15, -0.1) is 11.6 Å². The predicted octanol–water partition coefficient (Wildman–Crippen LogP) is 0.803. The SMILES string of the molecule is O=C(O)c1ncccc1C(O)C(O)CCCl. The molecule has 3 N–H and O–H groups in total. The fourth-order valence-corrected chi connectivity index (χ4v) is 1.54. The van der Waals surface area contributed by atoms with Crippen molar-refractivity contribution in [2.75, 3.05) is 5.88 Å².